The van der Waals surface area contributed by atoms with Gasteiger partial charge < -0.3 is 5.32 Å². The summed E-state index contributed by atoms with van der Waals surface area (Å²) in [6.45, 7) is 2.27. The number of thioether (sulfide) groups is 1. The van der Waals surface area contributed by atoms with Crippen LogP contribution in [-0.2, 0) is 12.8 Å². The SMILES string of the molecule is CCSC1CCCC1NC1Cc2ccc(Cl)cc2C1. The Balaban J connectivity index is 1.61. The molecule has 1 nitrogen and oxygen atoms in total. The minimum Gasteiger partial charge on any atom is -0.309 e. The second-order valence-corrected chi connectivity index (χ2v) is 7.67. The Kier molecular flexibility index (Phi) is 4.40. The van der Waals surface area contributed by atoms with Crippen LogP contribution in [0.2, 0.25) is 5.02 Å². The van der Waals surface area contributed by atoms with Crippen LogP contribution in [-0.4, -0.2) is 23.1 Å². The van der Waals surface area contributed by atoms with Gasteiger partial charge in [-0.1, -0.05) is 31.0 Å². The van der Waals surface area contributed by atoms with Crippen LogP contribution in [0.25, 0.3) is 0 Å². The van der Waals surface area contributed by atoms with E-state index in [1.807, 2.05) is 6.07 Å². The van der Waals surface area contributed by atoms with E-state index in [0.717, 1.165) is 22.7 Å². The van der Waals surface area contributed by atoms with Gasteiger partial charge in [-0.15, -0.1) is 0 Å². The zero-order valence-corrected chi connectivity index (χ0v) is 13.1. The first-order valence-electron chi connectivity index (χ1n) is 7.41. The van der Waals surface area contributed by atoms with Crippen LogP contribution in [0.5, 0.6) is 0 Å². The zero-order chi connectivity index (χ0) is 13.2. The van der Waals surface area contributed by atoms with E-state index in [1.54, 1.807) is 0 Å². The molecule has 2 aliphatic rings. The second kappa shape index (κ2) is 6.07. The van der Waals surface area contributed by atoms with Gasteiger partial charge in [-0.3, -0.25) is 0 Å². The predicted octanol–water partition coefficient (Wildman–Crippen LogP) is 4.07. The van der Waals surface area contributed by atoms with Crippen LogP contribution in [0.1, 0.15) is 37.3 Å². The molecular weight excluding hydrogens is 274 g/mol. The maximum absolute atomic E-state index is 6.08. The van der Waals surface area contributed by atoms with Gasteiger partial charge in [0.05, 0.1) is 0 Å². The van der Waals surface area contributed by atoms with Crippen molar-refractivity contribution in [1.82, 2.24) is 5.32 Å². The summed E-state index contributed by atoms with van der Waals surface area (Å²) in [4.78, 5) is 0. The fourth-order valence-corrected chi connectivity index (χ4v) is 4.94. The largest absolute Gasteiger partial charge is 0.309 e. The molecule has 1 aromatic rings. The third-order valence-electron chi connectivity index (χ3n) is 4.38. The van der Waals surface area contributed by atoms with Gasteiger partial charge in [-0.25, -0.2) is 0 Å². The number of hydrogen-bond donors (Lipinski definition) is 1. The highest BCUT2D eigenvalue weighted by atomic mass is 35.5. The first-order valence-corrected chi connectivity index (χ1v) is 8.84. The van der Waals surface area contributed by atoms with Crippen LogP contribution in [0, 0.1) is 0 Å². The number of fused-ring (bicyclic) bond motifs is 1. The Morgan fingerprint density at radius 1 is 1.26 bits per heavy atom. The van der Waals surface area contributed by atoms with Gasteiger partial charge >= 0.3 is 0 Å². The first kappa shape index (κ1) is 13.8. The minimum absolute atomic E-state index is 0.622. The lowest BCUT2D eigenvalue weighted by atomic mass is 10.1. The molecule has 3 rings (SSSR count). The third-order valence-corrected chi connectivity index (χ3v) is 5.94. The maximum atomic E-state index is 6.08. The molecule has 2 aliphatic carbocycles. The third kappa shape index (κ3) is 3.12. The Bertz CT molecular complexity index is 448. The molecule has 3 unspecified atom stereocenters. The van der Waals surface area contributed by atoms with Crippen molar-refractivity contribution in [2.75, 3.05) is 5.75 Å². The predicted molar refractivity (Wildman–Crippen MR) is 85.3 cm³/mol. The summed E-state index contributed by atoms with van der Waals surface area (Å²) in [5.41, 5.74) is 2.93. The van der Waals surface area contributed by atoms with E-state index in [-0.39, 0.29) is 0 Å². The van der Waals surface area contributed by atoms with Gasteiger partial charge in [0.2, 0.25) is 0 Å². The van der Waals surface area contributed by atoms with Gasteiger partial charge in [0.1, 0.15) is 0 Å². The van der Waals surface area contributed by atoms with E-state index in [2.05, 4.69) is 36.1 Å². The highest BCUT2D eigenvalue weighted by Crippen LogP contribution is 2.32. The van der Waals surface area contributed by atoms with E-state index in [9.17, 15) is 0 Å². The van der Waals surface area contributed by atoms with Crippen molar-refractivity contribution in [2.24, 2.45) is 0 Å². The summed E-state index contributed by atoms with van der Waals surface area (Å²) in [7, 11) is 0. The van der Waals surface area contributed by atoms with E-state index in [4.69, 9.17) is 11.6 Å². The molecule has 3 heteroatoms. The Labute approximate surface area is 125 Å². The lowest BCUT2D eigenvalue weighted by Crippen LogP contribution is -2.42. The number of benzene rings is 1. The van der Waals surface area contributed by atoms with Crippen molar-refractivity contribution in [1.29, 1.82) is 0 Å². The molecule has 0 radical (unpaired) electrons. The summed E-state index contributed by atoms with van der Waals surface area (Å²) in [6.07, 6.45) is 6.45. The summed E-state index contributed by atoms with van der Waals surface area (Å²) in [6, 6.07) is 7.71. The molecule has 1 aromatic carbocycles. The van der Waals surface area contributed by atoms with Crippen molar-refractivity contribution in [3.63, 3.8) is 0 Å². The molecule has 104 valence electrons. The minimum atomic E-state index is 0.622. The number of rotatable bonds is 4. The smallest absolute Gasteiger partial charge is 0.0408 e. The molecule has 0 spiro atoms. The molecule has 1 fully saturated rings. The molecule has 19 heavy (non-hydrogen) atoms. The zero-order valence-electron chi connectivity index (χ0n) is 11.5. The molecule has 1 N–H and O–H groups in total. The van der Waals surface area contributed by atoms with Crippen molar-refractivity contribution < 1.29 is 0 Å². The highest BCUT2D eigenvalue weighted by Gasteiger charge is 2.31. The quantitative estimate of drug-likeness (QED) is 0.898. The summed E-state index contributed by atoms with van der Waals surface area (Å²) >= 11 is 8.22. The molecule has 1 saturated carbocycles. The van der Waals surface area contributed by atoms with Gasteiger partial charge in [0.15, 0.2) is 0 Å². The Morgan fingerprint density at radius 3 is 2.95 bits per heavy atom. The first-order chi connectivity index (χ1) is 9.26. The lowest BCUT2D eigenvalue weighted by Gasteiger charge is -2.24. The van der Waals surface area contributed by atoms with E-state index in [0.29, 0.717) is 6.04 Å². The summed E-state index contributed by atoms with van der Waals surface area (Å²) < 4.78 is 0. The van der Waals surface area contributed by atoms with Crippen LogP contribution in [0.3, 0.4) is 0 Å². The van der Waals surface area contributed by atoms with Crippen molar-refractivity contribution in [3.8, 4) is 0 Å². The van der Waals surface area contributed by atoms with E-state index < -0.39 is 0 Å². The molecular formula is C16H22ClNS. The molecule has 0 aliphatic heterocycles. The average molecular weight is 296 g/mol. The highest BCUT2D eigenvalue weighted by molar-refractivity contribution is 7.99. The van der Waals surface area contributed by atoms with Gasteiger partial charge in [0.25, 0.3) is 0 Å². The van der Waals surface area contributed by atoms with Crippen molar-refractivity contribution in [3.05, 3.63) is 34.3 Å². The van der Waals surface area contributed by atoms with Gasteiger partial charge in [0, 0.05) is 22.4 Å². The standard InChI is InChI=1S/C16H22ClNS/c1-2-19-16-5-3-4-15(16)18-14-9-11-6-7-13(17)8-12(11)10-14/h6-8,14-16,18H,2-5,9-10H2,1H3. The fraction of sp³-hybridized carbons (Fsp3) is 0.625. The van der Waals surface area contributed by atoms with Gasteiger partial charge in [-0.05, 0) is 54.7 Å². The Morgan fingerprint density at radius 2 is 2.11 bits per heavy atom. The number of nitrogens with one attached hydrogen (secondary N) is 1. The van der Waals surface area contributed by atoms with Crippen molar-refractivity contribution in [2.45, 2.75) is 56.4 Å². The van der Waals surface area contributed by atoms with Crippen molar-refractivity contribution >= 4 is 23.4 Å². The molecule has 0 aromatic heterocycles. The van der Waals surface area contributed by atoms with Crippen LogP contribution in [0.15, 0.2) is 18.2 Å². The van der Waals surface area contributed by atoms with Crippen LogP contribution >= 0.6 is 23.4 Å². The normalized spacial score (nSPS) is 29.7. The number of hydrogen-bond acceptors (Lipinski definition) is 2. The molecule has 3 atom stereocenters. The molecule has 0 saturated heterocycles. The van der Waals surface area contributed by atoms with Gasteiger partial charge in [-0.2, -0.15) is 11.8 Å². The van der Waals surface area contributed by atoms with Crippen LogP contribution in [0.4, 0.5) is 0 Å². The molecule has 0 amide bonds. The molecule has 0 heterocycles. The molecule has 0 bridgehead atoms. The summed E-state index contributed by atoms with van der Waals surface area (Å²) in [5.74, 6) is 1.24. The average Bonchev–Trinajstić information content (AvgIpc) is 2.97. The maximum Gasteiger partial charge on any atom is 0.0408 e. The van der Waals surface area contributed by atoms with E-state index >= 15 is 0 Å². The van der Waals surface area contributed by atoms with E-state index in [1.165, 1.54) is 42.6 Å². The van der Waals surface area contributed by atoms with Crippen LogP contribution < -0.4 is 5.32 Å². The second-order valence-electron chi connectivity index (χ2n) is 5.72. The topological polar surface area (TPSA) is 12.0 Å². The monoisotopic (exact) mass is 295 g/mol. The Hall–Kier alpha value is -0.180. The fourth-order valence-electron chi connectivity index (χ4n) is 3.54. The lowest BCUT2D eigenvalue weighted by molar-refractivity contribution is 0.445. The number of halogens is 1. The summed E-state index contributed by atoms with van der Waals surface area (Å²) in [5, 5.41) is 5.62.